The predicted octanol–water partition coefficient (Wildman–Crippen LogP) is 6.68. The highest BCUT2D eigenvalue weighted by Gasteiger charge is 2.43. The lowest BCUT2D eigenvalue weighted by Crippen LogP contribution is -2.13. The largest absolute Gasteiger partial charge is 0.337 e. The second-order valence-electron chi connectivity index (χ2n) is 6.86. The Bertz CT molecular complexity index is 816. The summed E-state index contributed by atoms with van der Waals surface area (Å²) in [5.74, 6) is 1.79. The van der Waals surface area contributed by atoms with Crippen molar-refractivity contribution >= 4 is 53.7 Å². The molecule has 2 aromatic carbocycles. The lowest BCUT2D eigenvalue weighted by atomic mass is 10.1. The van der Waals surface area contributed by atoms with Crippen molar-refractivity contribution in [3.8, 4) is 0 Å². The van der Waals surface area contributed by atoms with Gasteiger partial charge in [0.1, 0.15) is 0 Å². The van der Waals surface area contributed by atoms with Gasteiger partial charge in [0.15, 0.2) is 0 Å². The summed E-state index contributed by atoms with van der Waals surface area (Å²) in [6, 6.07) is 14.2. The van der Waals surface area contributed by atoms with E-state index in [1.165, 1.54) is 56.4 Å². The van der Waals surface area contributed by atoms with Crippen LogP contribution in [-0.4, -0.2) is 4.57 Å². The molecule has 2 fully saturated rings. The summed E-state index contributed by atoms with van der Waals surface area (Å²) in [5, 5.41) is 2.77. The van der Waals surface area contributed by atoms with Crippen LogP contribution in [0.15, 0.2) is 45.3 Å². The number of fused-ring (bicyclic) bond motifs is 3. The van der Waals surface area contributed by atoms with Crippen molar-refractivity contribution in [3.05, 3.63) is 45.3 Å². The minimum atomic E-state index is 0.698. The molecule has 112 valence electrons. The average molecular weight is 419 g/mol. The smallest absolute Gasteiger partial charge is 0.0505 e. The highest BCUT2D eigenvalue weighted by molar-refractivity contribution is 9.10. The second kappa shape index (κ2) is 4.85. The molecule has 2 saturated carbocycles. The molecule has 22 heavy (non-hydrogen) atoms. The van der Waals surface area contributed by atoms with Crippen LogP contribution in [0, 0.1) is 11.8 Å². The Morgan fingerprint density at radius 2 is 1.23 bits per heavy atom. The van der Waals surface area contributed by atoms with Crippen molar-refractivity contribution < 1.29 is 0 Å². The molecule has 3 aromatic rings. The average Bonchev–Trinajstić information content (AvgIpc) is 3.39. The van der Waals surface area contributed by atoms with E-state index in [0.29, 0.717) is 6.04 Å². The van der Waals surface area contributed by atoms with E-state index in [9.17, 15) is 0 Å². The van der Waals surface area contributed by atoms with Gasteiger partial charge in [-0.05, 0) is 61.8 Å². The second-order valence-corrected chi connectivity index (χ2v) is 8.69. The van der Waals surface area contributed by atoms with Gasteiger partial charge in [0, 0.05) is 25.8 Å². The number of hydrogen-bond acceptors (Lipinski definition) is 0. The van der Waals surface area contributed by atoms with Crippen LogP contribution < -0.4 is 0 Å². The highest BCUT2D eigenvalue weighted by atomic mass is 79.9. The maximum Gasteiger partial charge on any atom is 0.0505 e. The van der Waals surface area contributed by atoms with E-state index in [-0.39, 0.29) is 0 Å². The molecule has 2 aliphatic carbocycles. The van der Waals surface area contributed by atoms with E-state index in [0.717, 1.165) is 11.8 Å². The molecular formula is C19H17Br2N. The van der Waals surface area contributed by atoms with Gasteiger partial charge in [-0.3, -0.25) is 0 Å². The Labute approximate surface area is 146 Å². The number of nitrogens with zero attached hydrogens (tertiary/aromatic N) is 1. The fourth-order valence-electron chi connectivity index (χ4n) is 4.00. The molecule has 5 rings (SSSR count). The van der Waals surface area contributed by atoms with E-state index in [4.69, 9.17) is 0 Å². The number of hydrogen-bond donors (Lipinski definition) is 0. The van der Waals surface area contributed by atoms with Crippen molar-refractivity contribution in [2.24, 2.45) is 11.8 Å². The number of halogens is 2. The molecule has 0 spiro atoms. The van der Waals surface area contributed by atoms with E-state index in [1.54, 1.807) is 0 Å². The first-order valence-corrected chi connectivity index (χ1v) is 9.70. The Morgan fingerprint density at radius 1 is 0.773 bits per heavy atom. The molecule has 0 N–H and O–H groups in total. The molecule has 0 saturated heterocycles. The normalized spacial score (nSPS) is 18.7. The minimum absolute atomic E-state index is 0.698. The lowest BCUT2D eigenvalue weighted by molar-refractivity contribution is 0.415. The molecule has 0 amide bonds. The predicted molar refractivity (Wildman–Crippen MR) is 99.3 cm³/mol. The Kier molecular flexibility index (Phi) is 3.00. The number of aromatic nitrogens is 1. The van der Waals surface area contributed by atoms with E-state index in [1.807, 2.05) is 0 Å². The molecule has 0 atom stereocenters. The van der Waals surface area contributed by atoms with Crippen molar-refractivity contribution in [1.29, 1.82) is 0 Å². The molecule has 1 aromatic heterocycles. The SMILES string of the molecule is Brc1ccc2c3ccc(Br)cc3n(C(C3CC3)C3CC3)c2c1. The quantitative estimate of drug-likeness (QED) is 0.446. The summed E-state index contributed by atoms with van der Waals surface area (Å²) in [5.41, 5.74) is 2.79. The molecule has 0 bridgehead atoms. The van der Waals surface area contributed by atoms with Crippen LogP contribution >= 0.6 is 31.9 Å². The number of rotatable bonds is 3. The maximum absolute atomic E-state index is 3.67. The first kappa shape index (κ1) is 13.6. The third kappa shape index (κ3) is 2.09. The minimum Gasteiger partial charge on any atom is -0.337 e. The summed E-state index contributed by atoms with van der Waals surface area (Å²) >= 11 is 7.34. The van der Waals surface area contributed by atoms with Gasteiger partial charge < -0.3 is 4.57 Å². The Balaban J connectivity index is 1.88. The van der Waals surface area contributed by atoms with Crippen LogP contribution in [0.2, 0.25) is 0 Å². The first-order chi connectivity index (χ1) is 10.7. The van der Waals surface area contributed by atoms with Gasteiger partial charge >= 0.3 is 0 Å². The van der Waals surface area contributed by atoms with Crippen molar-refractivity contribution in [2.75, 3.05) is 0 Å². The zero-order valence-corrected chi connectivity index (χ0v) is 15.4. The fraction of sp³-hybridized carbons (Fsp3) is 0.368. The van der Waals surface area contributed by atoms with Gasteiger partial charge in [-0.1, -0.05) is 44.0 Å². The maximum atomic E-state index is 3.67. The van der Waals surface area contributed by atoms with Gasteiger partial charge in [-0.15, -0.1) is 0 Å². The Hall–Kier alpha value is -0.800. The van der Waals surface area contributed by atoms with E-state index < -0.39 is 0 Å². The standard InChI is InChI=1S/C19H17Br2N/c20-13-5-7-15-16-8-6-14(21)10-18(16)22(17(15)9-13)19(11-1-2-11)12-3-4-12/h5-12,19H,1-4H2. The molecule has 0 radical (unpaired) electrons. The first-order valence-electron chi connectivity index (χ1n) is 8.11. The van der Waals surface area contributed by atoms with Crippen LogP contribution in [-0.2, 0) is 0 Å². The topological polar surface area (TPSA) is 4.93 Å². The van der Waals surface area contributed by atoms with Crippen molar-refractivity contribution in [2.45, 2.75) is 31.7 Å². The van der Waals surface area contributed by atoms with E-state index in [2.05, 4.69) is 72.8 Å². The van der Waals surface area contributed by atoms with Crippen LogP contribution in [0.25, 0.3) is 21.8 Å². The summed E-state index contributed by atoms with van der Waals surface area (Å²) < 4.78 is 5.01. The highest BCUT2D eigenvalue weighted by Crippen LogP contribution is 2.54. The van der Waals surface area contributed by atoms with Crippen LogP contribution in [0.4, 0.5) is 0 Å². The van der Waals surface area contributed by atoms with Crippen LogP contribution in [0.3, 0.4) is 0 Å². The van der Waals surface area contributed by atoms with Crippen molar-refractivity contribution in [1.82, 2.24) is 4.57 Å². The van der Waals surface area contributed by atoms with Gasteiger partial charge in [0.25, 0.3) is 0 Å². The molecule has 1 heterocycles. The van der Waals surface area contributed by atoms with Gasteiger partial charge in [0.2, 0.25) is 0 Å². The van der Waals surface area contributed by atoms with Crippen LogP contribution in [0.1, 0.15) is 31.7 Å². The third-order valence-corrected chi connectivity index (χ3v) is 6.22. The molecule has 0 unspecified atom stereocenters. The monoisotopic (exact) mass is 417 g/mol. The molecule has 3 heteroatoms. The zero-order chi connectivity index (χ0) is 14.8. The molecule has 1 nitrogen and oxygen atoms in total. The zero-order valence-electron chi connectivity index (χ0n) is 12.2. The summed E-state index contributed by atoms with van der Waals surface area (Å²) in [7, 11) is 0. The lowest BCUT2D eigenvalue weighted by Gasteiger charge is -2.21. The molecular weight excluding hydrogens is 402 g/mol. The van der Waals surface area contributed by atoms with Gasteiger partial charge in [-0.25, -0.2) is 0 Å². The third-order valence-electron chi connectivity index (χ3n) is 5.24. The summed E-state index contributed by atoms with van der Waals surface area (Å²) in [4.78, 5) is 0. The van der Waals surface area contributed by atoms with Gasteiger partial charge in [0.05, 0.1) is 11.0 Å². The fourth-order valence-corrected chi connectivity index (χ4v) is 4.69. The number of benzene rings is 2. The van der Waals surface area contributed by atoms with Gasteiger partial charge in [-0.2, -0.15) is 0 Å². The molecule has 0 aliphatic heterocycles. The Morgan fingerprint density at radius 3 is 1.64 bits per heavy atom. The summed E-state index contributed by atoms with van der Waals surface area (Å²) in [6.07, 6.45) is 5.63. The van der Waals surface area contributed by atoms with Crippen molar-refractivity contribution in [3.63, 3.8) is 0 Å². The van der Waals surface area contributed by atoms with Crippen LogP contribution in [0.5, 0.6) is 0 Å². The summed E-state index contributed by atoms with van der Waals surface area (Å²) in [6.45, 7) is 0. The molecule has 2 aliphatic rings. The van der Waals surface area contributed by atoms with E-state index >= 15 is 0 Å².